The van der Waals surface area contributed by atoms with Crippen LogP contribution in [0.5, 0.6) is 0 Å². The maximum Gasteiger partial charge on any atom is 0.228 e. The lowest BCUT2D eigenvalue weighted by Crippen LogP contribution is -2.56. The molecule has 25 heavy (non-hydrogen) atoms. The smallest absolute Gasteiger partial charge is 0.228 e. The second-order valence-electron chi connectivity index (χ2n) is 7.37. The van der Waals surface area contributed by atoms with Crippen LogP contribution >= 0.6 is 11.6 Å². The molecular formula is C21H19ClN2O. The second kappa shape index (κ2) is 4.89. The molecule has 3 nitrogen and oxygen atoms in total. The van der Waals surface area contributed by atoms with E-state index in [4.69, 9.17) is 11.6 Å². The van der Waals surface area contributed by atoms with Crippen molar-refractivity contribution in [3.8, 4) is 0 Å². The molecule has 3 heterocycles. The number of nitrogens with one attached hydrogen (secondary N) is 1. The number of carbonyl (C=O) groups excluding carboxylic acids is 1. The Labute approximate surface area is 151 Å². The van der Waals surface area contributed by atoms with Crippen LogP contribution in [0.2, 0.25) is 5.02 Å². The summed E-state index contributed by atoms with van der Waals surface area (Å²) in [5, 5.41) is 1.97. The number of carbonyl (C=O) groups is 1. The number of hydrogen-bond donors (Lipinski definition) is 1. The Morgan fingerprint density at radius 3 is 2.88 bits per heavy atom. The third-order valence-electron chi connectivity index (χ3n) is 5.91. The average molecular weight is 351 g/mol. The van der Waals surface area contributed by atoms with Crippen LogP contribution in [-0.4, -0.2) is 22.3 Å². The van der Waals surface area contributed by atoms with Crippen LogP contribution in [0.4, 0.5) is 0 Å². The summed E-state index contributed by atoms with van der Waals surface area (Å²) in [7, 11) is 0. The molecule has 0 aliphatic carbocycles. The molecular weight excluding hydrogens is 332 g/mol. The summed E-state index contributed by atoms with van der Waals surface area (Å²) in [5.74, 6) is 0.178. The normalized spacial score (nSPS) is 21.9. The first kappa shape index (κ1) is 15.0. The first-order chi connectivity index (χ1) is 12.0. The topological polar surface area (TPSA) is 36.1 Å². The van der Waals surface area contributed by atoms with Gasteiger partial charge in [-0.25, -0.2) is 0 Å². The van der Waals surface area contributed by atoms with Gasteiger partial charge in [-0.3, -0.25) is 4.79 Å². The predicted octanol–water partition coefficient (Wildman–Crippen LogP) is 4.33. The molecule has 0 radical (unpaired) electrons. The second-order valence-corrected chi connectivity index (χ2v) is 7.81. The molecule has 2 aromatic carbocycles. The summed E-state index contributed by atoms with van der Waals surface area (Å²) in [5.41, 5.74) is 6.65. The Bertz CT molecular complexity index is 1050. The molecule has 1 atom stereocenters. The molecule has 4 heteroatoms. The average Bonchev–Trinajstić information content (AvgIpc) is 2.94. The van der Waals surface area contributed by atoms with Crippen LogP contribution < -0.4 is 0 Å². The molecule has 126 valence electrons. The zero-order valence-electron chi connectivity index (χ0n) is 14.3. The Hall–Kier alpha value is -2.26. The summed E-state index contributed by atoms with van der Waals surface area (Å²) in [6.07, 6.45) is 1.32. The van der Waals surface area contributed by atoms with E-state index in [1.54, 1.807) is 0 Å². The standard InChI is InChI=1S/C21H19ClN2O/c1-12-3-6-18-16(9-12)15-7-8-24-19(25)11-13-10-14(22)4-5-17(13)21(24,2)20(15)23-18/h3-6,9-10,23H,7-8,11H2,1-2H3. The van der Waals surface area contributed by atoms with Crippen LogP contribution in [-0.2, 0) is 23.2 Å². The molecule has 0 saturated heterocycles. The predicted molar refractivity (Wildman–Crippen MR) is 100 cm³/mol. The monoisotopic (exact) mass is 350 g/mol. The van der Waals surface area contributed by atoms with E-state index < -0.39 is 5.54 Å². The van der Waals surface area contributed by atoms with Gasteiger partial charge in [-0.15, -0.1) is 0 Å². The van der Waals surface area contributed by atoms with Crippen LogP contribution in [0, 0.1) is 6.92 Å². The fourth-order valence-corrected chi connectivity index (χ4v) is 4.91. The number of aromatic amines is 1. The molecule has 0 fully saturated rings. The lowest BCUT2D eigenvalue weighted by Gasteiger charge is -2.48. The number of nitrogens with zero attached hydrogens (tertiary/aromatic N) is 1. The van der Waals surface area contributed by atoms with Gasteiger partial charge in [0.15, 0.2) is 0 Å². The molecule has 1 aromatic heterocycles. The minimum absolute atomic E-state index is 0.178. The van der Waals surface area contributed by atoms with Gasteiger partial charge in [0.1, 0.15) is 5.54 Å². The summed E-state index contributed by atoms with van der Waals surface area (Å²) in [6.45, 7) is 5.04. The fraction of sp³-hybridized carbons (Fsp3) is 0.286. The SMILES string of the molecule is Cc1ccc2[nH]c3c(c2c1)CCN1C(=O)Cc2cc(Cl)ccc2C31C. The highest BCUT2D eigenvalue weighted by Crippen LogP contribution is 2.47. The third kappa shape index (κ3) is 1.90. The van der Waals surface area contributed by atoms with Gasteiger partial charge in [-0.1, -0.05) is 29.3 Å². The largest absolute Gasteiger partial charge is 0.356 e. The van der Waals surface area contributed by atoms with Gasteiger partial charge in [-0.2, -0.15) is 0 Å². The van der Waals surface area contributed by atoms with Gasteiger partial charge in [0.2, 0.25) is 5.91 Å². The molecule has 2 aliphatic rings. The molecule has 3 aromatic rings. The summed E-state index contributed by atoms with van der Waals surface area (Å²) >= 11 is 6.19. The molecule has 1 amide bonds. The number of amides is 1. The van der Waals surface area contributed by atoms with E-state index in [9.17, 15) is 4.79 Å². The van der Waals surface area contributed by atoms with Crippen LogP contribution in [0.25, 0.3) is 10.9 Å². The van der Waals surface area contributed by atoms with E-state index in [1.807, 2.05) is 17.0 Å². The number of rotatable bonds is 0. The molecule has 0 spiro atoms. The van der Waals surface area contributed by atoms with Gasteiger partial charge >= 0.3 is 0 Å². The van der Waals surface area contributed by atoms with Crippen LogP contribution in [0.3, 0.4) is 0 Å². The van der Waals surface area contributed by atoms with Crippen molar-refractivity contribution in [2.24, 2.45) is 0 Å². The highest BCUT2D eigenvalue weighted by Gasteiger charge is 2.48. The summed E-state index contributed by atoms with van der Waals surface area (Å²) < 4.78 is 0. The number of halogens is 1. The van der Waals surface area contributed by atoms with E-state index in [1.165, 1.54) is 22.1 Å². The highest BCUT2D eigenvalue weighted by atomic mass is 35.5. The molecule has 1 N–H and O–H groups in total. The molecule has 0 saturated carbocycles. The van der Waals surface area contributed by atoms with Crippen molar-refractivity contribution in [2.45, 2.75) is 32.2 Å². The van der Waals surface area contributed by atoms with Crippen LogP contribution in [0.1, 0.15) is 34.9 Å². The maximum atomic E-state index is 12.9. The Morgan fingerprint density at radius 2 is 2.04 bits per heavy atom. The van der Waals surface area contributed by atoms with E-state index in [2.05, 4.69) is 43.1 Å². The van der Waals surface area contributed by atoms with Crippen molar-refractivity contribution in [3.63, 3.8) is 0 Å². The van der Waals surface area contributed by atoms with Crippen molar-refractivity contribution < 1.29 is 4.79 Å². The van der Waals surface area contributed by atoms with Gasteiger partial charge in [0, 0.05) is 28.2 Å². The lowest BCUT2D eigenvalue weighted by molar-refractivity contribution is -0.137. The van der Waals surface area contributed by atoms with Crippen molar-refractivity contribution in [1.82, 2.24) is 9.88 Å². The Balaban J connectivity index is 1.84. The Morgan fingerprint density at radius 1 is 1.20 bits per heavy atom. The number of H-pyrrole nitrogens is 1. The molecule has 1 unspecified atom stereocenters. The first-order valence-corrected chi connectivity index (χ1v) is 9.07. The highest BCUT2D eigenvalue weighted by molar-refractivity contribution is 6.30. The minimum atomic E-state index is -0.463. The first-order valence-electron chi connectivity index (χ1n) is 8.69. The van der Waals surface area contributed by atoms with Gasteiger partial charge in [-0.05, 0) is 61.2 Å². The fourth-order valence-electron chi connectivity index (χ4n) is 4.71. The van der Waals surface area contributed by atoms with E-state index in [0.717, 1.165) is 29.7 Å². The number of fused-ring (bicyclic) bond motifs is 7. The summed E-state index contributed by atoms with van der Waals surface area (Å²) in [4.78, 5) is 18.5. The lowest BCUT2D eigenvalue weighted by atomic mass is 9.75. The van der Waals surface area contributed by atoms with Gasteiger partial charge in [0.05, 0.1) is 6.42 Å². The third-order valence-corrected chi connectivity index (χ3v) is 6.14. The van der Waals surface area contributed by atoms with Crippen molar-refractivity contribution in [3.05, 3.63) is 69.4 Å². The number of hydrogen-bond acceptors (Lipinski definition) is 1. The van der Waals surface area contributed by atoms with E-state index in [0.29, 0.717) is 11.4 Å². The van der Waals surface area contributed by atoms with E-state index in [-0.39, 0.29) is 5.91 Å². The molecule has 5 rings (SSSR count). The number of benzene rings is 2. The zero-order chi connectivity index (χ0) is 17.3. The zero-order valence-corrected chi connectivity index (χ0v) is 15.1. The van der Waals surface area contributed by atoms with Crippen LogP contribution in [0.15, 0.2) is 36.4 Å². The number of aromatic nitrogens is 1. The van der Waals surface area contributed by atoms with Crippen molar-refractivity contribution in [1.29, 1.82) is 0 Å². The summed E-state index contributed by atoms with van der Waals surface area (Å²) in [6, 6.07) is 12.5. The molecule has 2 aliphatic heterocycles. The van der Waals surface area contributed by atoms with Crippen molar-refractivity contribution >= 4 is 28.4 Å². The maximum absolute atomic E-state index is 12.9. The quantitative estimate of drug-likeness (QED) is 0.643. The number of aryl methyl sites for hydroxylation is 1. The molecule has 0 bridgehead atoms. The van der Waals surface area contributed by atoms with Crippen molar-refractivity contribution in [2.75, 3.05) is 6.54 Å². The van der Waals surface area contributed by atoms with Gasteiger partial charge in [0.25, 0.3) is 0 Å². The van der Waals surface area contributed by atoms with E-state index >= 15 is 0 Å². The van der Waals surface area contributed by atoms with Gasteiger partial charge < -0.3 is 9.88 Å². The Kier molecular flexibility index (Phi) is 2.94. The minimum Gasteiger partial charge on any atom is -0.356 e.